The molecule has 1 saturated heterocycles. The summed E-state index contributed by atoms with van der Waals surface area (Å²) in [6.45, 7) is 3.48. The molecule has 9 nitrogen and oxygen atoms in total. The maximum absolute atomic E-state index is 11.5. The lowest BCUT2D eigenvalue weighted by Gasteiger charge is -2.13. The third-order valence-electron chi connectivity index (χ3n) is 3.96. The van der Waals surface area contributed by atoms with Crippen LogP contribution in [0.25, 0.3) is 0 Å². The Labute approximate surface area is 192 Å². The number of nitrogens with zero attached hydrogens (tertiary/aromatic N) is 1. The summed E-state index contributed by atoms with van der Waals surface area (Å²) in [5, 5.41) is 14.7. The standard InChI is InChI=1S/C9H12N2O2S.C5H9NO.C4H5NO2.2ClH/c1-13-9(12)7-5-2-3-11-4-6(5)14-8(7)10;7-5-1-3-6-4-2-5;1-7-4(6)2-3-5;;/h11H,2-4,10H2,1H3;6H,1-4H2;2H2,1H3;2*1H. The monoisotopic (exact) mass is 482 g/mol. The average molecular weight is 483 g/mol. The van der Waals surface area contributed by atoms with Gasteiger partial charge in [-0.1, -0.05) is 0 Å². The summed E-state index contributed by atoms with van der Waals surface area (Å²) in [6, 6.07) is 1.64. The normalized spacial score (nSPS) is 13.8. The fourth-order valence-electron chi connectivity index (χ4n) is 2.52. The molecule has 1 aromatic heterocycles. The minimum atomic E-state index is -0.484. The van der Waals surface area contributed by atoms with E-state index >= 15 is 0 Å². The molecule has 2 aliphatic rings. The Balaban J connectivity index is 0. The Bertz CT molecular complexity index is 729. The van der Waals surface area contributed by atoms with Gasteiger partial charge in [0, 0.05) is 37.4 Å². The van der Waals surface area contributed by atoms with Gasteiger partial charge in [-0.2, -0.15) is 5.26 Å². The number of thiophene rings is 1. The molecule has 0 bridgehead atoms. The largest absolute Gasteiger partial charge is 0.468 e. The first-order valence-corrected chi connectivity index (χ1v) is 9.61. The summed E-state index contributed by atoms with van der Waals surface area (Å²) < 4.78 is 8.84. The van der Waals surface area contributed by atoms with Crippen molar-refractivity contribution in [3.05, 3.63) is 16.0 Å². The molecule has 0 unspecified atom stereocenters. The van der Waals surface area contributed by atoms with E-state index in [0.717, 1.165) is 55.9 Å². The zero-order valence-electron chi connectivity index (χ0n) is 16.9. The topological polar surface area (TPSA) is 144 Å². The van der Waals surface area contributed by atoms with Crippen LogP contribution in [-0.2, 0) is 32.0 Å². The molecule has 3 heterocycles. The number of esters is 2. The van der Waals surface area contributed by atoms with E-state index < -0.39 is 5.97 Å². The van der Waals surface area contributed by atoms with Gasteiger partial charge in [0.15, 0.2) is 0 Å². The summed E-state index contributed by atoms with van der Waals surface area (Å²) >= 11 is 1.47. The van der Waals surface area contributed by atoms with E-state index in [9.17, 15) is 14.4 Å². The van der Waals surface area contributed by atoms with E-state index in [-0.39, 0.29) is 37.2 Å². The van der Waals surface area contributed by atoms with Crippen LogP contribution in [0.1, 0.15) is 40.1 Å². The summed E-state index contributed by atoms with van der Waals surface area (Å²) in [5.74, 6) is -0.400. The third-order valence-corrected chi connectivity index (χ3v) is 5.02. The molecular weight excluding hydrogens is 455 g/mol. The molecule has 1 fully saturated rings. The van der Waals surface area contributed by atoms with Gasteiger partial charge in [-0.15, -0.1) is 36.2 Å². The number of nitrogen functional groups attached to an aromatic ring is 1. The lowest BCUT2D eigenvalue weighted by molar-refractivity contribution is -0.139. The second-order valence-corrected chi connectivity index (χ2v) is 7.00. The van der Waals surface area contributed by atoms with Crippen molar-refractivity contribution < 1.29 is 23.9 Å². The summed E-state index contributed by atoms with van der Waals surface area (Å²) in [5.41, 5.74) is 7.43. The Hall–Kier alpha value is -1.90. The minimum absolute atomic E-state index is 0. The van der Waals surface area contributed by atoms with Gasteiger partial charge in [-0.25, -0.2) is 4.79 Å². The molecule has 0 amide bonds. The van der Waals surface area contributed by atoms with Crippen LogP contribution in [0.5, 0.6) is 0 Å². The molecule has 170 valence electrons. The molecule has 3 rings (SSSR count). The highest BCUT2D eigenvalue weighted by Gasteiger charge is 2.24. The van der Waals surface area contributed by atoms with Gasteiger partial charge in [-0.05, 0) is 18.5 Å². The van der Waals surface area contributed by atoms with E-state index in [1.165, 1.54) is 25.6 Å². The van der Waals surface area contributed by atoms with Crippen LogP contribution >= 0.6 is 36.2 Å². The number of hydrogen-bond acceptors (Lipinski definition) is 10. The van der Waals surface area contributed by atoms with Gasteiger partial charge in [-0.3, -0.25) is 9.59 Å². The Morgan fingerprint density at radius 3 is 2.13 bits per heavy atom. The fourth-order valence-corrected chi connectivity index (χ4v) is 3.60. The van der Waals surface area contributed by atoms with Crippen LogP contribution in [-0.4, -0.2) is 51.6 Å². The number of carbonyl (C=O) groups excluding carboxylic acids is 3. The number of carbonyl (C=O) groups is 3. The smallest absolute Gasteiger partial charge is 0.341 e. The number of methoxy groups -OCH3 is 2. The predicted octanol–water partition coefficient (Wildman–Crippen LogP) is 1.62. The number of fused-ring (bicyclic) bond motifs is 1. The Morgan fingerprint density at radius 2 is 1.70 bits per heavy atom. The third kappa shape index (κ3) is 10.2. The highest BCUT2D eigenvalue weighted by Crippen LogP contribution is 2.33. The van der Waals surface area contributed by atoms with Crippen molar-refractivity contribution in [3.8, 4) is 6.07 Å². The van der Waals surface area contributed by atoms with Crippen LogP contribution in [0.3, 0.4) is 0 Å². The van der Waals surface area contributed by atoms with Crippen LogP contribution in [0.4, 0.5) is 5.00 Å². The van der Waals surface area contributed by atoms with Crippen molar-refractivity contribution in [1.82, 2.24) is 10.6 Å². The van der Waals surface area contributed by atoms with E-state index in [1.807, 2.05) is 0 Å². The number of nitrogens with two attached hydrogens (primary N) is 1. The number of halogens is 2. The highest BCUT2D eigenvalue weighted by molar-refractivity contribution is 7.16. The number of hydrogen-bond donors (Lipinski definition) is 3. The van der Waals surface area contributed by atoms with Gasteiger partial charge >= 0.3 is 11.9 Å². The maximum Gasteiger partial charge on any atom is 0.341 e. The van der Waals surface area contributed by atoms with Gasteiger partial charge in [0.25, 0.3) is 0 Å². The molecule has 0 saturated carbocycles. The molecule has 0 aliphatic carbocycles. The molecule has 30 heavy (non-hydrogen) atoms. The van der Waals surface area contributed by atoms with Crippen LogP contribution in [0.2, 0.25) is 0 Å². The minimum Gasteiger partial charge on any atom is -0.468 e. The second-order valence-electron chi connectivity index (χ2n) is 5.86. The summed E-state index contributed by atoms with van der Waals surface area (Å²) in [4.78, 5) is 33.0. The molecule has 2 aliphatic heterocycles. The quantitative estimate of drug-likeness (QED) is 0.535. The fraction of sp³-hybridized carbons (Fsp3) is 0.556. The molecule has 0 atom stereocenters. The molecule has 0 aromatic carbocycles. The number of nitrogens with one attached hydrogen (secondary N) is 2. The summed E-state index contributed by atoms with van der Waals surface area (Å²) in [7, 11) is 2.63. The number of ether oxygens (including phenoxy) is 2. The first-order valence-electron chi connectivity index (χ1n) is 8.79. The molecule has 0 radical (unpaired) electrons. The molecular formula is C18H28Cl2N4O5S. The summed E-state index contributed by atoms with van der Waals surface area (Å²) in [6.07, 6.45) is 2.17. The van der Waals surface area contributed by atoms with Gasteiger partial charge in [0.1, 0.15) is 17.2 Å². The van der Waals surface area contributed by atoms with E-state index in [4.69, 9.17) is 15.7 Å². The van der Waals surface area contributed by atoms with Crippen molar-refractivity contribution in [1.29, 1.82) is 5.26 Å². The predicted molar refractivity (Wildman–Crippen MR) is 119 cm³/mol. The zero-order valence-corrected chi connectivity index (χ0v) is 19.4. The van der Waals surface area contributed by atoms with Crippen LogP contribution in [0, 0.1) is 11.3 Å². The van der Waals surface area contributed by atoms with E-state index in [1.54, 1.807) is 6.07 Å². The maximum atomic E-state index is 11.5. The van der Waals surface area contributed by atoms with Gasteiger partial charge < -0.3 is 25.8 Å². The Morgan fingerprint density at radius 1 is 1.10 bits per heavy atom. The van der Waals surface area contributed by atoms with Crippen molar-refractivity contribution in [3.63, 3.8) is 0 Å². The van der Waals surface area contributed by atoms with Crippen LogP contribution in [0.15, 0.2) is 0 Å². The number of piperidine rings is 1. The molecule has 12 heteroatoms. The first kappa shape index (κ1) is 30.3. The highest BCUT2D eigenvalue weighted by atomic mass is 35.5. The first-order chi connectivity index (χ1) is 13.4. The number of nitriles is 1. The lowest BCUT2D eigenvalue weighted by Crippen LogP contribution is -2.27. The van der Waals surface area contributed by atoms with Gasteiger partial charge in [0.05, 0.1) is 25.9 Å². The van der Waals surface area contributed by atoms with Crippen molar-refractivity contribution in [2.45, 2.75) is 32.2 Å². The van der Waals surface area contributed by atoms with E-state index in [2.05, 4.69) is 15.4 Å². The van der Waals surface area contributed by atoms with Gasteiger partial charge in [0.2, 0.25) is 0 Å². The van der Waals surface area contributed by atoms with Crippen molar-refractivity contribution in [2.24, 2.45) is 0 Å². The zero-order chi connectivity index (χ0) is 20.9. The SMILES string of the molecule is COC(=O)CC#N.COC(=O)c1c(N)sc2c1CCNC2.Cl.Cl.O=C1CCNCC1. The molecule has 0 spiro atoms. The molecule has 4 N–H and O–H groups in total. The molecule has 1 aromatic rings. The number of ketones is 1. The van der Waals surface area contributed by atoms with Crippen molar-refractivity contribution in [2.75, 3.05) is 39.6 Å². The number of anilines is 1. The number of rotatable bonds is 2. The van der Waals surface area contributed by atoms with E-state index in [0.29, 0.717) is 16.3 Å². The van der Waals surface area contributed by atoms with Crippen LogP contribution < -0.4 is 16.4 Å². The second kappa shape index (κ2) is 16.8. The number of Topliss-reactive ketones (excluding diaryl/α,β-unsaturated/α-hetero) is 1. The Kier molecular flexibility index (Phi) is 17.0. The van der Waals surface area contributed by atoms with Crippen molar-refractivity contribution >= 4 is 58.9 Å². The lowest BCUT2D eigenvalue weighted by atomic mass is 10.0. The average Bonchev–Trinajstić information content (AvgIpc) is 3.05.